The number of nitriles is 1. The number of ether oxygens (including phenoxy) is 1. The average molecular weight is 753 g/mol. The number of hydrogen-bond acceptors (Lipinski definition) is 7. The summed E-state index contributed by atoms with van der Waals surface area (Å²) in [4.78, 5) is 34.6. The van der Waals surface area contributed by atoms with Gasteiger partial charge in [-0.1, -0.05) is 37.6 Å². The first-order valence-corrected chi connectivity index (χ1v) is 18.2. The van der Waals surface area contributed by atoms with E-state index in [1.165, 1.54) is 4.90 Å². The Morgan fingerprint density at radius 3 is 2.37 bits per heavy atom. The van der Waals surface area contributed by atoms with Crippen LogP contribution in [0, 0.1) is 11.3 Å². The van der Waals surface area contributed by atoms with Gasteiger partial charge in [-0.2, -0.15) is 31.6 Å². The molecule has 0 aliphatic carbocycles. The minimum atomic E-state index is -4.91. The predicted molar refractivity (Wildman–Crippen MR) is 182 cm³/mol. The Hall–Kier alpha value is -4.16. The lowest BCUT2D eigenvalue weighted by Gasteiger charge is -2.50. The summed E-state index contributed by atoms with van der Waals surface area (Å²) in [6.07, 6.45) is -5.35. The fraction of sp³-hybridized carbons (Fsp3) is 0.514. The Balaban J connectivity index is 1.77. The molecule has 0 spiro atoms. The number of rotatable bonds is 16. The number of likely N-dealkylation sites (tertiary alicyclic amines) is 1. The van der Waals surface area contributed by atoms with Crippen molar-refractivity contribution in [3.05, 3.63) is 81.3 Å². The number of aliphatic hydroxyl groups is 1. The summed E-state index contributed by atoms with van der Waals surface area (Å²) >= 11 is 0.380. The van der Waals surface area contributed by atoms with Crippen molar-refractivity contribution in [3.63, 3.8) is 0 Å². The maximum Gasteiger partial charge on any atom is 0.425 e. The molecular weight excluding hydrogens is 710 g/mol. The van der Waals surface area contributed by atoms with Crippen LogP contribution in [-0.4, -0.2) is 69.6 Å². The molecule has 0 bridgehead atoms. The number of carbonyl (C=O) groups excluding carboxylic acids is 2. The van der Waals surface area contributed by atoms with Crippen LogP contribution in [0.3, 0.4) is 0 Å². The van der Waals surface area contributed by atoms with Crippen LogP contribution in [0.15, 0.2) is 54.0 Å². The highest BCUT2D eigenvalue weighted by atomic mass is 32.1. The Kier molecular flexibility index (Phi) is 14.1. The van der Waals surface area contributed by atoms with Crippen molar-refractivity contribution in [2.45, 2.75) is 95.1 Å². The summed E-state index contributed by atoms with van der Waals surface area (Å²) in [6, 6.07) is 11.2. The van der Waals surface area contributed by atoms with Crippen molar-refractivity contribution in [2.75, 3.05) is 26.2 Å². The first kappa shape index (κ1) is 40.6. The monoisotopic (exact) mass is 752 g/mol. The highest BCUT2D eigenvalue weighted by Gasteiger charge is 2.56. The minimum absolute atomic E-state index is 0.0232. The van der Waals surface area contributed by atoms with E-state index in [9.17, 15) is 41.5 Å². The fourth-order valence-electron chi connectivity index (χ4n) is 6.78. The molecule has 1 saturated heterocycles. The number of halogens is 6. The molecule has 0 radical (unpaired) electrons. The van der Waals surface area contributed by atoms with E-state index in [1.54, 1.807) is 6.92 Å². The molecule has 8 nitrogen and oxygen atoms in total. The van der Waals surface area contributed by atoms with Gasteiger partial charge in [0.05, 0.1) is 17.7 Å². The van der Waals surface area contributed by atoms with E-state index in [2.05, 4.69) is 11.1 Å². The third-order valence-electron chi connectivity index (χ3n) is 9.12. The van der Waals surface area contributed by atoms with E-state index in [1.807, 2.05) is 24.3 Å². The highest BCUT2D eigenvalue weighted by molar-refractivity contribution is 7.10. The molecule has 0 unspecified atom stereocenters. The highest BCUT2D eigenvalue weighted by Crippen LogP contribution is 2.42. The van der Waals surface area contributed by atoms with Gasteiger partial charge >= 0.3 is 12.4 Å². The lowest BCUT2D eigenvalue weighted by Crippen LogP contribution is -2.68. The minimum Gasteiger partial charge on any atom is -0.474 e. The molecule has 1 aliphatic heterocycles. The van der Waals surface area contributed by atoms with Crippen LogP contribution < -0.4 is 4.74 Å². The van der Waals surface area contributed by atoms with Crippen LogP contribution in [0.2, 0.25) is 0 Å². The summed E-state index contributed by atoms with van der Waals surface area (Å²) < 4.78 is 89.6. The molecule has 2 aromatic heterocycles. The van der Waals surface area contributed by atoms with Crippen LogP contribution in [0.5, 0.6) is 5.75 Å². The first-order valence-electron chi connectivity index (χ1n) is 17.3. The second-order valence-electron chi connectivity index (χ2n) is 12.7. The summed E-state index contributed by atoms with van der Waals surface area (Å²) in [6.45, 7) is 2.03. The Morgan fingerprint density at radius 2 is 1.75 bits per heavy atom. The fourth-order valence-corrected chi connectivity index (χ4v) is 7.46. The molecule has 2 atom stereocenters. The van der Waals surface area contributed by atoms with Crippen molar-refractivity contribution in [1.82, 2.24) is 14.8 Å². The Morgan fingerprint density at radius 1 is 1.06 bits per heavy atom. The summed E-state index contributed by atoms with van der Waals surface area (Å²) in [5.41, 5.74) is -1.98. The SMILES string of the molecule is CCC[C@H]1N(C(=O)c2ncccc2C(F)(F)F)CCC[C@@]1(Oc1csc(C(F)(F)F)c1)C(=O)N(CCCC#N)CCCc1ccccc1CCCO. The number of amides is 2. The van der Waals surface area contributed by atoms with Crippen LogP contribution in [0.1, 0.15) is 90.3 Å². The van der Waals surface area contributed by atoms with E-state index in [0.29, 0.717) is 43.4 Å². The van der Waals surface area contributed by atoms with Crippen molar-refractivity contribution < 1.29 is 45.8 Å². The summed E-state index contributed by atoms with van der Waals surface area (Å²) in [5.74, 6) is -1.93. The number of benzene rings is 1. The van der Waals surface area contributed by atoms with Gasteiger partial charge in [-0.05, 0) is 68.2 Å². The summed E-state index contributed by atoms with van der Waals surface area (Å²) in [7, 11) is 0. The van der Waals surface area contributed by atoms with Crippen LogP contribution in [0.4, 0.5) is 26.3 Å². The second kappa shape index (κ2) is 18.1. The maximum absolute atomic E-state index is 15.0. The summed E-state index contributed by atoms with van der Waals surface area (Å²) in [5, 5.41) is 19.8. The van der Waals surface area contributed by atoms with E-state index in [-0.39, 0.29) is 64.1 Å². The predicted octanol–water partition coefficient (Wildman–Crippen LogP) is 8.09. The van der Waals surface area contributed by atoms with Gasteiger partial charge in [0, 0.05) is 56.7 Å². The number of alkyl halides is 6. The van der Waals surface area contributed by atoms with E-state index >= 15 is 4.79 Å². The number of pyridine rings is 1. The number of piperidine rings is 1. The van der Waals surface area contributed by atoms with Crippen molar-refractivity contribution in [2.24, 2.45) is 0 Å². The lowest BCUT2D eigenvalue weighted by molar-refractivity contribution is -0.159. The van der Waals surface area contributed by atoms with E-state index in [0.717, 1.165) is 45.8 Å². The molecule has 1 fully saturated rings. The van der Waals surface area contributed by atoms with E-state index in [4.69, 9.17) is 4.74 Å². The number of hydrogen-bond donors (Lipinski definition) is 1. The second-order valence-corrected chi connectivity index (χ2v) is 13.6. The topological polar surface area (TPSA) is 107 Å². The zero-order valence-electron chi connectivity index (χ0n) is 28.8. The van der Waals surface area contributed by atoms with Crippen molar-refractivity contribution >= 4 is 23.2 Å². The number of aliphatic hydroxyl groups excluding tert-OH is 1. The molecule has 0 saturated carbocycles. The molecule has 1 aromatic carbocycles. The van der Waals surface area contributed by atoms with Gasteiger partial charge in [0.15, 0.2) is 0 Å². The number of unbranched alkanes of at least 4 members (excludes halogenated alkanes) is 1. The molecule has 282 valence electrons. The maximum atomic E-state index is 15.0. The third-order valence-corrected chi connectivity index (χ3v) is 10.1. The van der Waals surface area contributed by atoms with Crippen LogP contribution >= 0.6 is 11.3 Å². The molecule has 2 amide bonds. The number of aromatic nitrogens is 1. The number of carbonyl (C=O) groups is 2. The normalized spacial score (nSPS) is 17.8. The van der Waals surface area contributed by atoms with Gasteiger partial charge in [0.2, 0.25) is 5.60 Å². The van der Waals surface area contributed by atoms with Crippen LogP contribution in [-0.2, 0) is 30.0 Å². The number of aryl methyl sites for hydroxylation is 2. The molecule has 1 aliphatic rings. The van der Waals surface area contributed by atoms with Gasteiger partial charge < -0.3 is 19.6 Å². The van der Waals surface area contributed by atoms with Gasteiger partial charge in [0.25, 0.3) is 11.8 Å². The molecular formula is C37H42F6N4O4S. The smallest absolute Gasteiger partial charge is 0.425 e. The molecule has 1 N–H and O–H groups in total. The van der Waals surface area contributed by atoms with Gasteiger partial charge in [-0.25, -0.2) is 0 Å². The van der Waals surface area contributed by atoms with Gasteiger partial charge in [-0.15, -0.1) is 11.3 Å². The quantitative estimate of drug-likeness (QED) is 0.117. The van der Waals surface area contributed by atoms with Crippen molar-refractivity contribution in [1.29, 1.82) is 5.26 Å². The zero-order valence-corrected chi connectivity index (χ0v) is 29.6. The first-order chi connectivity index (χ1) is 24.8. The zero-order chi connectivity index (χ0) is 37.9. The average Bonchev–Trinajstić information content (AvgIpc) is 3.59. The molecule has 15 heteroatoms. The largest absolute Gasteiger partial charge is 0.474 e. The number of thiophene rings is 1. The van der Waals surface area contributed by atoms with Crippen LogP contribution in [0.25, 0.3) is 0 Å². The Bertz CT molecular complexity index is 1690. The Labute approximate surface area is 303 Å². The number of nitrogens with zero attached hydrogens (tertiary/aromatic N) is 4. The van der Waals surface area contributed by atoms with Crippen molar-refractivity contribution in [3.8, 4) is 11.8 Å². The van der Waals surface area contributed by atoms with Gasteiger partial charge in [-0.3, -0.25) is 14.6 Å². The standard InChI is InChI=1S/C37H42F6N4O4S/c1-2-11-30-35(51-28-24-31(52-25-28)37(41,42)43,17-10-22-47(30)33(49)32-29(36(38,39)40)16-7-19-45-32)34(50)46(20-6-5-18-44)21-8-14-26-12-3-4-13-27(26)15-9-23-48/h3-4,7,12-13,16,19,24-25,30,48H,2,5-6,8-11,14-15,17,20-23H2,1H3/t30-,35+/m1/s1. The molecule has 3 aromatic rings. The van der Waals surface area contributed by atoms with Gasteiger partial charge in [0.1, 0.15) is 16.3 Å². The third kappa shape index (κ3) is 9.83. The molecule has 52 heavy (non-hydrogen) atoms. The van der Waals surface area contributed by atoms with E-state index < -0.39 is 51.9 Å². The molecule has 4 rings (SSSR count). The lowest BCUT2D eigenvalue weighted by atomic mass is 9.79. The molecule has 3 heterocycles.